The lowest BCUT2D eigenvalue weighted by Crippen LogP contribution is -2.30. The summed E-state index contributed by atoms with van der Waals surface area (Å²) in [5, 5.41) is 9.13. The van der Waals surface area contributed by atoms with Crippen LogP contribution in [-0.2, 0) is 0 Å². The predicted molar refractivity (Wildman–Crippen MR) is 61.9 cm³/mol. The SMILES string of the molecule is CC(O)CCN(C)C(=O)c1ncccc1N. The number of rotatable bonds is 4. The second kappa shape index (κ2) is 5.46. The van der Waals surface area contributed by atoms with Crippen molar-refractivity contribution in [2.75, 3.05) is 19.3 Å². The fourth-order valence-corrected chi connectivity index (χ4v) is 1.26. The Morgan fingerprint density at radius 2 is 2.38 bits per heavy atom. The fourth-order valence-electron chi connectivity index (χ4n) is 1.26. The summed E-state index contributed by atoms with van der Waals surface area (Å²) in [4.78, 5) is 17.3. The lowest BCUT2D eigenvalue weighted by molar-refractivity contribution is 0.0764. The van der Waals surface area contributed by atoms with Gasteiger partial charge in [-0.25, -0.2) is 4.98 Å². The van der Waals surface area contributed by atoms with Crippen LogP contribution in [-0.4, -0.2) is 40.6 Å². The Hall–Kier alpha value is -1.62. The molecule has 1 aromatic rings. The van der Waals surface area contributed by atoms with Gasteiger partial charge < -0.3 is 15.7 Å². The summed E-state index contributed by atoms with van der Waals surface area (Å²) in [7, 11) is 1.67. The first kappa shape index (κ1) is 12.4. The highest BCUT2D eigenvalue weighted by Crippen LogP contribution is 2.09. The molecule has 1 amide bonds. The Labute approximate surface area is 94.9 Å². The van der Waals surface area contributed by atoms with Gasteiger partial charge in [0.15, 0.2) is 5.69 Å². The van der Waals surface area contributed by atoms with Gasteiger partial charge in [-0.3, -0.25) is 4.79 Å². The van der Waals surface area contributed by atoms with Crippen molar-refractivity contribution in [3.8, 4) is 0 Å². The van der Waals surface area contributed by atoms with Gasteiger partial charge >= 0.3 is 0 Å². The predicted octanol–water partition coefficient (Wildman–Crippen LogP) is 0.507. The van der Waals surface area contributed by atoms with Crippen LogP contribution in [0.15, 0.2) is 18.3 Å². The molecule has 5 nitrogen and oxygen atoms in total. The number of hydrogen-bond donors (Lipinski definition) is 2. The first-order chi connectivity index (χ1) is 7.52. The van der Waals surface area contributed by atoms with E-state index in [0.717, 1.165) is 0 Å². The number of carbonyl (C=O) groups is 1. The summed E-state index contributed by atoms with van der Waals surface area (Å²) in [6, 6.07) is 3.32. The minimum atomic E-state index is -0.420. The molecule has 1 aromatic heterocycles. The molecule has 1 atom stereocenters. The van der Waals surface area contributed by atoms with Crippen LogP contribution in [0, 0.1) is 0 Å². The first-order valence-electron chi connectivity index (χ1n) is 5.16. The van der Waals surface area contributed by atoms with Gasteiger partial charge in [0.05, 0.1) is 11.8 Å². The summed E-state index contributed by atoms with van der Waals surface area (Å²) in [5.74, 6) is -0.223. The number of amides is 1. The Bertz CT molecular complexity index is 366. The number of aliphatic hydroxyl groups excluding tert-OH is 1. The van der Waals surface area contributed by atoms with E-state index in [1.807, 2.05) is 0 Å². The summed E-state index contributed by atoms with van der Waals surface area (Å²) in [6.07, 6.45) is 1.65. The van der Waals surface area contributed by atoms with Crippen molar-refractivity contribution in [2.24, 2.45) is 0 Å². The standard InChI is InChI=1S/C11H17N3O2/c1-8(15)5-7-14(2)11(16)10-9(12)4-3-6-13-10/h3-4,6,8,15H,5,7,12H2,1-2H3. The van der Waals surface area contributed by atoms with Gasteiger partial charge in [-0.15, -0.1) is 0 Å². The second-order valence-electron chi connectivity index (χ2n) is 3.81. The molecular formula is C11H17N3O2. The van der Waals surface area contributed by atoms with Crippen LogP contribution in [0.1, 0.15) is 23.8 Å². The summed E-state index contributed by atoms with van der Waals surface area (Å²) in [5.41, 5.74) is 6.29. The van der Waals surface area contributed by atoms with Gasteiger partial charge in [0, 0.05) is 19.8 Å². The third-order valence-electron chi connectivity index (χ3n) is 2.27. The van der Waals surface area contributed by atoms with E-state index in [4.69, 9.17) is 10.8 Å². The highest BCUT2D eigenvalue weighted by Gasteiger charge is 2.15. The molecule has 1 unspecified atom stereocenters. The largest absolute Gasteiger partial charge is 0.397 e. The number of aliphatic hydroxyl groups is 1. The number of pyridine rings is 1. The third kappa shape index (κ3) is 3.20. The molecule has 0 saturated carbocycles. The average Bonchev–Trinajstić information content (AvgIpc) is 2.25. The average molecular weight is 223 g/mol. The highest BCUT2D eigenvalue weighted by molar-refractivity contribution is 5.96. The minimum Gasteiger partial charge on any atom is -0.397 e. The maximum absolute atomic E-state index is 11.9. The van der Waals surface area contributed by atoms with Crippen molar-refractivity contribution >= 4 is 11.6 Å². The lowest BCUT2D eigenvalue weighted by Gasteiger charge is -2.18. The Balaban J connectivity index is 2.67. The quantitative estimate of drug-likeness (QED) is 0.779. The molecule has 16 heavy (non-hydrogen) atoms. The summed E-state index contributed by atoms with van der Waals surface area (Å²) in [6.45, 7) is 2.17. The number of nitrogens with two attached hydrogens (primary N) is 1. The fraction of sp³-hybridized carbons (Fsp3) is 0.455. The molecule has 1 heterocycles. The summed E-state index contributed by atoms with van der Waals surface area (Å²) < 4.78 is 0. The van der Waals surface area contributed by atoms with E-state index >= 15 is 0 Å². The monoisotopic (exact) mass is 223 g/mol. The van der Waals surface area contributed by atoms with Crippen LogP contribution in [0.3, 0.4) is 0 Å². The first-order valence-corrected chi connectivity index (χ1v) is 5.16. The zero-order valence-electron chi connectivity index (χ0n) is 9.55. The molecule has 5 heteroatoms. The van der Waals surface area contributed by atoms with Crippen molar-refractivity contribution in [3.63, 3.8) is 0 Å². The minimum absolute atomic E-state index is 0.223. The number of nitrogens with zero attached hydrogens (tertiary/aromatic N) is 2. The van der Waals surface area contributed by atoms with Gasteiger partial charge in [-0.1, -0.05) is 0 Å². The third-order valence-corrected chi connectivity index (χ3v) is 2.27. The molecule has 0 radical (unpaired) electrons. The molecule has 0 bridgehead atoms. The lowest BCUT2D eigenvalue weighted by atomic mass is 10.2. The number of aromatic nitrogens is 1. The normalized spacial score (nSPS) is 12.2. The number of nitrogen functional groups attached to an aromatic ring is 1. The molecular weight excluding hydrogens is 206 g/mol. The number of anilines is 1. The van der Waals surface area contributed by atoms with Crippen molar-refractivity contribution in [1.29, 1.82) is 0 Å². The van der Waals surface area contributed by atoms with Gasteiger partial charge in [0.1, 0.15) is 0 Å². The van der Waals surface area contributed by atoms with E-state index in [1.165, 1.54) is 11.1 Å². The molecule has 0 aliphatic carbocycles. The van der Waals surface area contributed by atoms with Crippen LogP contribution in [0.5, 0.6) is 0 Å². The van der Waals surface area contributed by atoms with Crippen molar-refractivity contribution in [1.82, 2.24) is 9.88 Å². The zero-order valence-corrected chi connectivity index (χ0v) is 9.55. The molecule has 0 saturated heterocycles. The Morgan fingerprint density at radius 1 is 1.69 bits per heavy atom. The van der Waals surface area contributed by atoms with E-state index in [2.05, 4.69) is 4.98 Å². The second-order valence-corrected chi connectivity index (χ2v) is 3.81. The smallest absolute Gasteiger partial charge is 0.274 e. The molecule has 3 N–H and O–H groups in total. The van der Waals surface area contributed by atoms with Gasteiger partial charge in [0.25, 0.3) is 5.91 Å². The highest BCUT2D eigenvalue weighted by atomic mass is 16.3. The Kier molecular flexibility index (Phi) is 4.25. The number of hydrogen-bond acceptors (Lipinski definition) is 4. The van der Waals surface area contributed by atoms with E-state index in [1.54, 1.807) is 26.1 Å². The number of carbonyl (C=O) groups excluding carboxylic acids is 1. The van der Waals surface area contributed by atoms with Gasteiger partial charge in [-0.05, 0) is 25.5 Å². The maximum atomic E-state index is 11.9. The van der Waals surface area contributed by atoms with E-state index in [9.17, 15) is 4.79 Å². The van der Waals surface area contributed by atoms with Crippen LogP contribution >= 0.6 is 0 Å². The molecule has 88 valence electrons. The molecule has 0 spiro atoms. The maximum Gasteiger partial charge on any atom is 0.274 e. The topological polar surface area (TPSA) is 79.5 Å². The van der Waals surface area contributed by atoms with Crippen LogP contribution in [0.2, 0.25) is 0 Å². The summed E-state index contributed by atoms with van der Waals surface area (Å²) >= 11 is 0. The van der Waals surface area contributed by atoms with Crippen molar-refractivity contribution in [3.05, 3.63) is 24.0 Å². The molecule has 0 fully saturated rings. The van der Waals surface area contributed by atoms with E-state index in [0.29, 0.717) is 18.7 Å². The van der Waals surface area contributed by atoms with Crippen molar-refractivity contribution < 1.29 is 9.90 Å². The zero-order chi connectivity index (χ0) is 12.1. The van der Waals surface area contributed by atoms with Crippen molar-refractivity contribution in [2.45, 2.75) is 19.4 Å². The molecule has 1 rings (SSSR count). The van der Waals surface area contributed by atoms with Crippen LogP contribution in [0.4, 0.5) is 5.69 Å². The van der Waals surface area contributed by atoms with Crippen LogP contribution in [0.25, 0.3) is 0 Å². The van der Waals surface area contributed by atoms with E-state index < -0.39 is 6.10 Å². The Morgan fingerprint density at radius 3 is 2.94 bits per heavy atom. The molecule has 0 aliphatic rings. The van der Waals surface area contributed by atoms with E-state index in [-0.39, 0.29) is 11.6 Å². The van der Waals surface area contributed by atoms with Gasteiger partial charge in [-0.2, -0.15) is 0 Å². The molecule has 0 aliphatic heterocycles. The van der Waals surface area contributed by atoms with Gasteiger partial charge in [0.2, 0.25) is 0 Å². The molecule has 0 aromatic carbocycles. The van der Waals surface area contributed by atoms with Crippen LogP contribution < -0.4 is 5.73 Å².